The number of nitrogen functional groups attached to an aromatic ring is 1. The molecule has 0 saturated heterocycles. The van der Waals surface area contributed by atoms with Gasteiger partial charge in [0.05, 0.1) is 11.6 Å². The molecule has 0 unspecified atom stereocenters. The van der Waals surface area contributed by atoms with Crippen LogP contribution in [0.1, 0.15) is 5.56 Å². The Balaban J connectivity index is 1.70. The highest BCUT2D eigenvalue weighted by Crippen LogP contribution is 2.36. The summed E-state index contributed by atoms with van der Waals surface area (Å²) in [5.41, 5.74) is 14.0. The molecule has 3 aromatic carbocycles. The predicted molar refractivity (Wildman–Crippen MR) is 110 cm³/mol. The van der Waals surface area contributed by atoms with Crippen LogP contribution in [0.15, 0.2) is 73.1 Å². The summed E-state index contributed by atoms with van der Waals surface area (Å²) in [6.45, 7) is 0. The Morgan fingerprint density at radius 1 is 0.741 bits per heavy atom. The Labute approximate surface area is 155 Å². The quantitative estimate of drug-likeness (QED) is 0.371. The molecule has 0 aliphatic heterocycles. The summed E-state index contributed by atoms with van der Waals surface area (Å²) in [7, 11) is 0. The van der Waals surface area contributed by atoms with Crippen LogP contribution >= 0.6 is 0 Å². The van der Waals surface area contributed by atoms with Gasteiger partial charge in [0.1, 0.15) is 0 Å². The van der Waals surface area contributed by atoms with E-state index in [0.29, 0.717) is 5.56 Å². The molecule has 0 amide bonds. The van der Waals surface area contributed by atoms with Crippen LogP contribution in [-0.4, -0.2) is 9.97 Å². The fourth-order valence-corrected chi connectivity index (χ4v) is 3.71. The highest BCUT2D eigenvalue weighted by atomic mass is 14.7. The molecular formula is C23H16N4. The number of rotatable bonds is 2. The van der Waals surface area contributed by atoms with E-state index in [0.717, 1.165) is 44.4 Å². The van der Waals surface area contributed by atoms with Crippen LogP contribution in [0, 0.1) is 11.3 Å². The summed E-state index contributed by atoms with van der Waals surface area (Å²) in [5.74, 6) is 0. The Morgan fingerprint density at radius 2 is 1.41 bits per heavy atom. The molecule has 0 aliphatic carbocycles. The molecule has 4 heteroatoms. The third-order valence-corrected chi connectivity index (χ3v) is 4.98. The largest absolute Gasteiger partial charge is 0.399 e. The van der Waals surface area contributed by atoms with Gasteiger partial charge in [-0.3, -0.25) is 0 Å². The van der Waals surface area contributed by atoms with E-state index in [9.17, 15) is 0 Å². The topological polar surface area (TPSA) is 81.4 Å². The Bertz CT molecular complexity index is 1350. The van der Waals surface area contributed by atoms with Crippen molar-refractivity contribution in [3.63, 3.8) is 0 Å². The number of nitrogens with one attached hydrogen (secondary N) is 2. The smallest absolute Gasteiger partial charge is 0.0992 e. The van der Waals surface area contributed by atoms with Gasteiger partial charge >= 0.3 is 0 Å². The Morgan fingerprint density at radius 3 is 2.15 bits per heavy atom. The number of fused-ring (bicyclic) bond motifs is 2. The van der Waals surface area contributed by atoms with Crippen molar-refractivity contribution in [1.29, 1.82) is 5.26 Å². The maximum absolute atomic E-state index is 9.10. The summed E-state index contributed by atoms with van der Waals surface area (Å²) in [6.07, 6.45) is 4.00. The normalized spacial score (nSPS) is 11.1. The molecule has 0 bridgehead atoms. The summed E-state index contributed by atoms with van der Waals surface area (Å²) in [6, 6.07) is 22.3. The van der Waals surface area contributed by atoms with Gasteiger partial charge < -0.3 is 15.7 Å². The van der Waals surface area contributed by atoms with Crippen LogP contribution in [0.2, 0.25) is 0 Å². The van der Waals surface area contributed by atoms with Crippen LogP contribution in [0.25, 0.3) is 44.1 Å². The van der Waals surface area contributed by atoms with Crippen molar-refractivity contribution in [2.24, 2.45) is 0 Å². The molecule has 128 valence electrons. The standard InChI is InChI=1S/C23H16N4/c24-11-14-5-6-19-21(13-27-23(19)7-14)16-8-15(9-17(25)10-16)20-12-26-22-4-2-1-3-18(20)22/h1-10,12-13,26-27H,25H2. The van der Waals surface area contributed by atoms with Gasteiger partial charge in [-0.1, -0.05) is 24.3 Å². The second kappa shape index (κ2) is 5.79. The molecule has 5 aromatic rings. The molecule has 4 N–H and O–H groups in total. The second-order valence-corrected chi connectivity index (χ2v) is 6.67. The minimum absolute atomic E-state index is 0.642. The van der Waals surface area contributed by atoms with E-state index < -0.39 is 0 Å². The first-order chi connectivity index (χ1) is 13.2. The lowest BCUT2D eigenvalue weighted by atomic mass is 9.97. The molecule has 0 radical (unpaired) electrons. The van der Waals surface area contributed by atoms with Crippen LogP contribution in [-0.2, 0) is 0 Å². The molecule has 5 rings (SSSR count). The second-order valence-electron chi connectivity index (χ2n) is 6.67. The maximum Gasteiger partial charge on any atom is 0.0992 e. The van der Waals surface area contributed by atoms with E-state index in [1.807, 2.05) is 54.9 Å². The van der Waals surface area contributed by atoms with Crippen LogP contribution in [0.5, 0.6) is 0 Å². The lowest BCUT2D eigenvalue weighted by Crippen LogP contribution is -1.88. The van der Waals surface area contributed by atoms with E-state index >= 15 is 0 Å². The SMILES string of the molecule is N#Cc1ccc2c(-c3cc(N)cc(-c4c[nH]c5ccccc45)c3)c[nH]c2c1. The third-order valence-electron chi connectivity index (χ3n) is 4.98. The first-order valence-electron chi connectivity index (χ1n) is 8.71. The van der Waals surface area contributed by atoms with Gasteiger partial charge in [0.15, 0.2) is 0 Å². The first-order valence-corrected chi connectivity index (χ1v) is 8.71. The van der Waals surface area contributed by atoms with Crippen molar-refractivity contribution in [3.8, 4) is 28.3 Å². The van der Waals surface area contributed by atoms with Crippen molar-refractivity contribution in [2.45, 2.75) is 0 Å². The number of benzene rings is 3. The zero-order valence-corrected chi connectivity index (χ0v) is 14.5. The van der Waals surface area contributed by atoms with Crippen LogP contribution in [0.4, 0.5) is 5.69 Å². The van der Waals surface area contributed by atoms with Crippen LogP contribution in [0.3, 0.4) is 0 Å². The predicted octanol–water partition coefficient (Wildman–Crippen LogP) is 5.44. The van der Waals surface area contributed by atoms with Gasteiger partial charge in [-0.2, -0.15) is 5.26 Å². The van der Waals surface area contributed by atoms with Crippen LogP contribution < -0.4 is 5.73 Å². The molecule has 0 saturated carbocycles. The van der Waals surface area contributed by atoms with E-state index in [1.165, 1.54) is 5.39 Å². The molecule has 2 heterocycles. The minimum Gasteiger partial charge on any atom is -0.399 e. The summed E-state index contributed by atoms with van der Waals surface area (Å²) in [4.78, 5) is 6.59. The maximum atomic E-state index is 9.10. The highest BCUT2D eigenvalue weighted by Gasteiger charge is 2.11. The van der Waals surface area contributed by atoms with Gasteiger partial charge in [0.2, 0.25) is 0 Å². The number of aromatic nitrogens is 2. The monoisotopic (exact) mass is 348 g/mol. The molecule has 0 spiro atoms. The van der Waals surface area contributed by atoms with Crippen molar-refractivity contribution in [3.05, 3.63) is 78.6 Å². The van der Waals surface area contributed by atoms with Gasteiger partial charge in [-0.05, 0) is 47.5 Å². The zero-order chi connectivity index (χ0) is 18.4. The summed E-state index contributed by atoms with van der Waals surface area (Å²) in [5, 5.41) is 11.3. The average Bonchev–Trinajstić information content (AvgIpc) is 3.31. The van der Waals surface area contributed by atoms with E-state index in [1.54, 1.807) is 0 Å². The first kappa shape index (κ1) is 15.3. The number of nitriles is 1. The fourth-order valence-electron chi connectivity index (χ4n) is 3.71. The molecular weight excluding hydrogens is 332 g/mol. The van der Waals surface area contributed by atoms with E-state index in [-0.39, 0.29) is 0 Å². The molecule has 0 fully saturated rings. The molecule has 27 heavy (non-hydrogen) atoms. The summed E-state index contributed by atoms with van der Waals surface area (Å²) < 4.78 is 0. The van der Waals surface area contributed by atoms with E-state index in [2.05, 4.69) is 34.2 Å². The highest BCUT2D eigenvalue weighted by molar-refractivity contribution is 6.00. The lowest BCUT2D eigenvalue weighted by molar-refractivity contribution is 1.45. The minimum atomic E-state index is 0.642. The Hall–Kier alpha value is -3.97. The molecule has 0 atom stereocenters. The number of nitrogens with zero attached hydrogens (tertiary/aromatic N) is 1. The van der Waals surface area contributed by atoms with Gasteiger partial charge in [-0.15, -0.1) is 0 Å². The summed E-state index contributed by atoms with van der Waals surface area (Å²) >= 11 is 0. The van der Waals surface area contributed by atoms with Crippen molar-refractivity contribution in [1.82, 2.24) is 9.97 Å². The van der Waals surface area contributed by atoms with Gasteiger partial charge in [0.25, 0.3) is 0 Å². The van der Waals surface area contributed by atoms with Gasteiger partial charge in [0, 0.05) is 51.0 Å². The van der Waals surface area contributed by atoms with E-state index in [4.69, 9.17) is 11.0 Å². The Kier molecular flexibility index (Phi) is 3.28. The molecule has 4 nitrogen and oxygen atoms in total. The van der Waals surface area contributed by atoms with Gasteiger partial charge in [-0.25, -0.2) is 0 Å². The molecule has 2 aromatic heterocycles. The number of anilines is 1. The number of H-pyrrole nitrogens is 2. The fraction of sp³-hybridized carbons (Fsp3) is 0. The van der Waals surface area contributed by atoms with Crippen molar-refractivity contribution >= 4 is 27.5 Å². The third kappa shape index (κ3) is 2.45. The van der Waals surface area contributed by atoms with Crippen molar-refractivity contribution < 1.29 is 0 Å². The number of nitrogens with two attached hydrogens (primary N) is 1. The zero-order valence-electron chi connectivity index (χ0n) is 14.5. The van der Waals surface area contributed by atoms with Crippen molar-refractivity contribution in [2.75, 3.05) is 5.73 Å². The number of hydrogen-bond acceptors (Lipinski definition) is 2. The lowest BCUT2D eigenvalue weighted by Gasteiger charge is -2.07. The number of aromatic amines is 2. The average molecular weight is 348 g/mol. The molecule has 0 aliphatic rings. The number of hydrogen-bond donors (Lipinski definition) is 3. The number of para-hydroxylation sites is 1.